The molecule has 5 heteroatoms. The van der Waals surface area contributed by atoms with Gasteiger partial charge in [-0.1, -0.05) is 54.6 Å². The predicted molar refractivity (Wildman–Crippen MR) is 110 cm³/mol. The fraction of sp³-hybridized carbons (Fsp3) is 0.0435. The first-order valence-electron chi connectivity index (χ1n) is 8.76. The van der Waals surface area contributed by atoms with Crippen molar-refractivity contribution in [1.29, 1.82) is 0 Å². The summed E-state index contributed by atoms with van der Waals surface area (Å²) in [6, 6.07) is 24.0. The SMILES string of the molecule is NC(=O)c1ccccc1NC(=O)C=Cc1ccc(OCc2ccccc2)cc1. The summed E-state index contributed by atoms with van der Waals surface area (Å²) < 4.78 is 5.74. The number of nitrogens with one attached hydrogen (secondary N) is 1. The van der Waals surface area contributed by atoms with Gasteiger partial charge in [0.1, 0.15) is 12.4 Å². The average Bonchev–Trinajstić information content (AvgIpc) is 2.72. The van der Waals surface area contributed by atoms with Crippen LogP contribution in [-0.2, 0) is 11.4 Å². The van der Waals surface area contributed by atoms with Gasteiger partial charge in [0.2, 0.25) is 5.91 Å². The van der Waals surface area contributed by atoms with Crippen molar-refractivity contribution in [2.24, 2.45) is 5.73 Å². The van der Waals surface area contributed by atoms with E-state index in [1.807, 2.05) is 54.6 Å². The largest absolute Gasteiger partial charge is 0.489 e. The van der Waals surface area contributed by atoms with Crippen molar-refractivity contribution in [3.05, 3.63) is 102 Å². The monoisotopic (exact) mass is 372 g/mol. The molecule has 0 aromatic heterocycles. The van der Waals surface area contributed by atoms with E-state index >= 15 is 0 Å². The second-order valence-electron chi connectivity index (χ2n) is 6.08. The number of primary amides is 1. The summed E-state index contributed by atoms with van der Waals surface area (Å²) >= 11 is 0. The van der Waals surface area contributed by atoms with E-state index in [0.717, 1.165) is 16.9 Å². The minimum absolute atomic E-state index is 0.268. The van der Waals surface area contributed by atoms with Gasteiger partial charge in [0.05, 0.1) is 11.3 Å². The molecule has 0 heterocycles. The number of hydrogen-bond acceptors (Lipinski definition) is 3. The Morgan fingerprint density at radius 3 is 2.29 bits per heavy atom. The third-order valence-corrected chi connectivity index (χ3v) is 4.01. The molecule has 3 N–H and O–H groups in total. The number of nitrogens with two attached hydrogens (primary N) is 1. The van der Waals surface area contributed by atoms with E-state index in [4.69, 9.17) is 10.5 Å². The Morgan fingerprint density at radius 2 is 1.57 bits per heavy atom. The van der Waals surface area contributed by atoms with Crippen LogP contribution in [0.3, 0.4) is 0 Å². The second-order valence-corrected chi connectivity index (χ2v) is 6.08. The number of amides is 2. The van der Waals surface area contributed by atoms with Crippen LogP contribution in [0.2, 0.25) is 0 Å². The van der Waals surface area contributed by atoms with E-state index in [1.165, 1.54) is 6.08 Å². The highest BCUT2D eigenvalue weighted by Crippen LogP contribution is 2.16. The molecule has 2 amide bonds. The lowest BCUT2D eigenvalue weighted by atomic mass is 10.1. The summed E-state index contributed by atoms with van der Waals surface area (Å²) in [5, 5.41) is 2.66. The summed E-state index contributed by atoms with van der Waals surface area (Å²) in [5.74, 6) is -0.190. The number of ether oxygens (including phenoxy) is 1. The lowest BCUT2D eigenvalue weighted by Crippen LogP contribution is -2.16. The van der Waals surface area contributed by atoms with Gasteiger partial charge in [-0.15, -0.1) is 0 Å². The van der Waals surface area contributed by atoms with Gasteiger partial charge in [0.15, 0.2) is 0 Å². The fourth-order valence-electron chi connectivity index (χ4n) is 2.57. The van der Waals surface area contributed by atoms with Gasteiger partial charge < -0.3 is 15.8 Å². The molecule has 0 radical (unpaired) electrons. The van der Waals surface area contributed by atoms with Crippen LogP contribution in [-0.4, -0.2) is 11.8 Å². The molecule has 140 valence electrons. The standard InChI is InChI=1S/C23H20N2O3/c24-23(27)20-8-4-5-9-21(20)25-22(26)15-12-17-10-13-19(14-11-17)28-16-18-6-2-1-3-7-18/h1-15H,16H2,(H2,24,27)(H,25,26). The number of carbonyl (C=O) groups is 2. The van der Waals surface area contributed by atoms with Gasteiger partial charge in [-0.3, -0.25) is 9.59 Å². The number of rotatable bonds is 7. The lowest BCUT2D eigenvalue weighted by Gasteiger charge is -2.07. The smallest absolute Gasteiger partial charge is 0.250 e. The van der Waals surface area contributed by atoms with E-state index < -0.39 is 5.91 Å². The van der Waals surface area contributed by atoms with Crippen LogP contribution in [0.4, 0.5) is 5.69 Å². The Kier molecular flexibility index (Phi) is 6.21. The van der Waals surface area contributed by atoms with Crippen LogP contribution in [0.15, 0.2) is 84.9 Å². The first kappa shape index (κ1) is 18.9. The third-order valence-electron chi connectivity index (χ3n) is 4.01. The molecule has 5 nitrogen and oxygen atoms in total. The highest BCUT2D eigenvalue weighted by molar-refractivity contribution is 6.07. The first-order chi connectivity index (χ1) is 13.6. The highest BCUT2D eigenvalue weighted by atomic mass is 16.5. The maximum Gasteiger partial charge on any atom is 0.250 e. The minimum Gasteiger partial charge on any atom is -0.489 e. The molecule has 0 bridgehead atoms. The summed E-state index contributed by atoms with van der Waals surface area (Å²) in [5.41, 5.74) is 7.91. The molecule has 0 aliphatic rings. The van der Waals surface area contributed by atoms with Crippen molar-refractivity contribution in [3.8, 4) is 5.75 Å². The van der Waals surface area contributed by atoms with Crippen molar-refractivity contribution in [1.82, 2.24) is 0 Å². The molecule has 3 aromatic carbocycles. The molecule has 0 atom stereocenters. The van der Waals surface area contributed by atoms with Crippen molar-refractivity contribution in [3.63, 3.8) is 0 Å². The van der Waals surface area contributed by atoms with Crippen LogP contribution >= 0.6 is 0 Å². The summed E-state index contributed by atoms with van der Waals surface area (Å²) in [4.78, 5) is 23.5. The van der Waals surface area contributed by atoms with Gasteiger partial charge in [-0.05, 0) is 41.5 Å². The molecule has 0 unspecified atom stereocenters. The van der Waals surface area contributed by atoms with E-state index in [2.05, 4.69) is 5.32 Å². The minimum atomic E-state index is -0.592. The molecule has 28 heavy (non-hydrogen) atoms. The van der Waals surface area contributed by atoms with Crippen molar-refractivity contribution in [2.45, 2.75) is 6.61 Å². The number of carbonyl (C=O) groups excluding carboxylic acids is 2. The second kappa shape index (κ2) is 9.19. The van der Waals surface area contributed by atoms with Crippen molar-refractivity contribution >= 4 is 23.6 Å². The third kappa shape index (κ3) is 5.32. The zero-order valence-corrected chi connectivity index (χ0v) is 15.2. The highest BCUT2D eigenvalue weighted by Gasteiger charge is 2.08. The molecule has 0 saturated carbocycles. The van der Waals surface area contributed by atoms with Crippen molar-refractivity contribution in [2.75, 3.05) is 5.32 Å². The van der Waals surface area contributed by atoms with Gasteiger partial charge >= 0.3 is 0 Å². The molecule has 0 aliphatic carbocycles. The normalized spacial score (nSPS) is 10.6. The van der Waals surface area contributed by atoms with Crippen LogP contribution < -0.4 is 15.8 Å². The molecule has 0 aliphatic heterocycles. The Hall–Kier alpha value is -3.86. The summed E-state index contributed by atoms with van der Waals surface area (Å²) in [6.07, 6.45) is 3.08. The Labute approximate surface area is 163 Å². The molecule has 0 saturated heterocycles. The topological polar surface area (TPSA) is 81.4 Å². The molecule has 3 aromatic rings. The Bertz CT molecular complexity index is 980. The average molecular weight is 372 g/mol. The van der Waals surface area contributed by atoms with Crippen LogP contribution in [0.5, 0.6) is 5.75 Å². The lowest BCUT2D eigenvalue weighted by molar-refractivity contribution is -0.111. The summed E-state index contributed by atoms with van der Waals surface area (Å²) in [6.45, 7) is 0.498. The van der Waals surface area contributed by atoms with Crippen LogP contribution in [0, 0.1) is 0 Å². The quantitative estimate of drug-likeness (QED) is 0.615. The maximum absolute atomic E-state index is 12.1. The first-order valence-corrected chi connectivity index (χ1v) is 8.76. The van der Waals surface area contributed by atoms with Crippen molar-refractivity contribution < 1.29 is 14.3 Å². The number of hydrogen-bond donors (Lipinski definition) is 2. The van der Waals surface area contributed by atoms with Gasteiger partial charge in [0, 0.05) is 6.08 Å². The molecule has 0 fully saturated rings. The summed E-state index contributed by atoms with van der Waals surface area (Å²) in [7, 11) is 0. The Morgan fingerprint density at radius 1 is 0.893 bits per heavy atom. The molecular weight excluding hydrogens is 352 g/mol. The maximum atomic E-state index is 12.1. The fourth-order valence-corrected chi connectivity index (χ4v) is 2.57. The van der Waals surface area contributed by atoms with Crippen LogP contribution in [0.25, 0.3) is 6.08 Å². The van der Waals surface area contributed by atoms with Gasteiger partial charge in [-0.25, -0.2) is 0 Å². The number of benzene rings is 3. The molecule has 0 spiro atoms. The zero-order chi connectivity index (χ0) is 19.8. The van der Waals surface area contributed by atoms with Gasteiger partial charge in [-0.2, -0.15) is 0 Å². The molecule has 3 rings (SSSR count). The van der Waals surface area contributed by atoms with Crippen LogP contribution in [0.1, 0.15) is 21.5 Å². The zero-order valence-electron chi connectivity index (χ0n) is 15.2. The number of para-hydroxylation sites is 1. The predicted octanol–water partition coefficient (Wildman–Crippen LogP) is 4.02. The Balaban J connectivity index is 1.57. The van der Waals surface area contributed by atoms with Gasteiger partial charge in [0.25, 0.3) is 5.91 Å². The van der Waals surface area contributed by atoms with E-state index in [9.17, 15) is 9.59 Å². The van der Waals surface area contributed by atoms with E-state index in [1.54, 1.807) is 30.3 Å². The van der Waals surface area contributed by atoms with E-state index in [-0.39, 0.29) is 11.5 Å². The van der Waals surface area contributed by atoms with E-state index in [0.29, 0.717) is 12.3 Å². The number of anilines is 1. The molecular formula is C23H20N2O3.